The molecule has 0 spiro atoms. The van der Waals surface area contributed by atoms with Crippen LogP contribution in [-0.4, -0.2) is 20.0 Å². The van der Waals surface area contributed by atoms with Crippen LogP contribution in [0, 0.1) is 0 Å². The van der Waals surface area contributed by atoms with Gasteiger partial charge in [-0.1, -0.05) is 58.0 Å². The molecule has 0 atom stereocenters. The number of halogens is 8. The first-order valence-electron chi connectivity index (χ1n) is 3.31. The van der Waals surface area contributed by atoms with Gasteiger partial charge in [0, 0.05) is 0 Å². The molecule has 0 bridgehead atoms. The fourth-order valence-corrected chi connectivity index (χ4v) is 1.56. The van der Waals surface area contributed by atoms with Crippen LogP contribution in [0.4, 0.5) is 13.2 Å². The molecule has 0 aliphatic carbocycles. The van der Waals surface area contributed by atoms with Crippen LogP contribution in [0.3, 0.4) is 0 Å². The second-order valence-electron chi connectivity index (χ2n) is 2.62. The molecular weight excluding hydrogens is 338 g/mol. The third-order valence-corrected chi connectivity index (χ3v) is 4.13. The molecule has 1 aliphatic rings. The standard InChI is InChI=1S/C4Cl5F3N4/c5-1(6,3(7,8)9)2(4(10,11)12)13-15-16-14-2. The monoisotopic (exact) mass is 336 g/mol. The topological polar surface area (TPSA) is 49.4 Å². The van der Waals surface area contributed by atoms with Crippen molar-refractivity contribution in [1.82, 2.24) is 0 Å². The Morgan fingerprint density at radius 2 is 1.19 bits per heavy atom. The van der Waals surface area contributed by atoms with Crippen LogP contribution < -0.4 is 0 Å². The average Bonchev–Trinajstić information content (AvgIpc) is 2.48. The molecule has 0 aromatic rings. The quantitative estimate of drug-likeness (QED) is 0.626. The Morgan fingerprint density at radius 1 is 0.812 bits per heavy atom. The van der Waals surface area contributed by atoms with Gasteiger partial charge in [0.2, 0.25) is 8.13 Å². The molecule has 0 aromatic carbocycles. The van der Waals surface area contributed by atoms with E-state index >= 15 is 0 Å². The Morgan fingerprint density at radius 3 is 1.44 bits per heavy atom. The summed E-state index contributed by atoms with van der Waals surface area (Å²) in [6, 6.07) is 0. The van der Waals surface area contributed by atoms with Gasteiger partial charge in [0.05, 0.1) is 0 Å². The molecule has 0 radical (unpaired) electrons. The van der Waals surface area contributed by atoms with E-state index in [9.17, 15) is 13.2 Å². The van der Waals surface area contributed by atoms with Crippen molar-refractivity contribution < 1.29 is 13.2 Å². The minimum Gasteiger partial charge on any atom is -0.166 e. The van der Waals surface area contributed by atoms with Crippen molar-refractivity contribution in [3.63, 3.8) is 0 Å². The zero-order valence-corrected chi connectivity index (χ0v) is 10.6. The summed E-state index contributed by atoms with van der Waals surface area (Å²) in [5.74, 6) is 0. The number of nitrogens with zero attached hydrogens (tertiary/aromatic N) is 4. The van der Waals surface area contributed by atoms with Gasteiger partial charge in [-0.25, -0.2) is 0 Å². The average molecular weight is 338 g/mol. The largest absolute Gasteiger partial charge is 0.441 e. The summed E-state index contributed by atoms with van der Waals surface area (Å²) in [6.45, 7) is 0. The van der Waals surface area contributed by atoms with E-state index in [1.807, 2.05) is 0 Å². The molecule has 0 saturated carbocycles. The van der Waals surface area contributed by atoms with Gasteiger partial charge in [0.15, 0.2) is 0 Å². The first kappa shape index (κ1) is 14.5. The predicted molar refractivity (Wildman–Crippen MR) is 53.2 cm³/mol. The highest BCUT2D eigenvalue weighted by atomic mass is 35.6. The molecule has 16 heavy (non-hydrogen) atoms. The molecule has 0 amide bonds. The summed E-state index contributed by atoms with van der Waals surface area (Å²) in [6.07, 6.45) is -5.12. The van der Waals surface area contributed by atoms with E-state index in [0.717, 1.165) is 0 Å². The Labute approximate surface area is 112 Å². The molecule has 0 unspecified atom stereocenters. The van der Waals surface area contributed by atoms with Gasteiger partial charge in [-0.05, 0) is 10.4 Å². The van der Waals surface area contributed by atoms with E-state index in [1.165, 1.54) is 0 Å². The lowest BCUT2D eigenvalue weighted by Crippen LogP contribution is -2.59. The summed E-state index contributed by atoms with van der Waals surface area (Å²) in [7, 11) is 0. The van der Waals surface area contributed by atoms with Crippen molar-refractivity contribution in [2.45, 2.75) is 20.0 Å². The molecule has 0 fully saturated rings. The Bertz CT molecular complexity index is 333. The van der Waals surface area contributed by atoms with Gasteiger partial charge in [-0.2, -0.15) is 13.2 Å². The maximum atomic E-state index is 12.8. The van der Waals surface area contributed by atoms with E-state index in [0.29, 0.717) is 0 Å². The Hall–Kier alpha value is 0.440. The molecular formula is C4Cl5F3N4. The highest BCUT2D eigenvalue weighted by Crippen LogP contribution is 2.60. The Balaban J connectivity index is 3.36. The molecule has 92 valence electrons. The van der Waals surface area contributed by atoms with Crippen LogP contribution in [0.2, 0.25) is 0 Å². The van der Waals surface area contributed by atoms with Crippen molar-refractivity contribution in [3.05, 3.63) is 0 Å². The number of hydrogen-bond acceptors (Lipinski definition) is 4. The predicted octanol–water partition coefficient (Wildman–Crippen LogP) is 4.62. The van der Waals surface area contributed by atoms with Crippen LogP contribution >= 0.6 is 58.0 Å². The van der Waals surface area contributed by atoms with E-state index < -0.39 is 20.0 Å². The van der Waals surface area contributed by atoms with Crippen molar-refractivity contribution in [2.24, 2.45) is 20.7 Å². The van der Waals surface area contributed by atoms with Gasteiger partial charge in [-0.3, -0.25) is 0 Å². The van der Waals surface area contributed by atoms with Crippen LogP contribution in [0.1, 0.15) is 0 Å². The van der Waals surface area contributed by atoms with Crippen molar-refractivity contribution in [1.29, 1.82) is 0 Å². The number of rotatable bonds is 1. The van der Waals surface area contributed by atoms with E-state index in [1.54, 1.807) is 0 Å². The lowest BCUT2D eigenvalue weighted by atomic mass is 10.1. The summed E-state index contributed by atoms with van der Waals surface area (Å²) in [4.78, 5) is 0. The first-order valence-corrected chi connectivity index (χ1v) is 5.20. The molecule has 1 rings (SSSR count). The second kappa shape index (κ2) is 3.98. The lowest BCUT2D eigenvalue weighted by molar-refractivity contribution is -0.187. The summed E-state index contributed by atoms with van der Waals surface area (Å²) in [5, 5.41) is 10.9. The maximum Gasteiger partial charge on any atom is 0.441 e. The molecule has 0 saturated heterocycles. The maximum absolute atomic E-state index is 12.8. The van der Waals surface area contributed by atoms with Gasteiger partial charge < -0.3 is 0 Å². The summed E-state index contributed by atoms with van der Waals surface area (Å²) >= 11 is 26.6. The normalized spacial score (nSPS) is 20.5. The SMILES string of the molecule is FC(F)(F)C1(C(Cl)(Cl)C(Cl)(Cl)Cl)N=NN=N1. The highest BCUT2D eigenvalue weighted by molar-refractivity contribution is 6.76. The van der Waals surface area contributed by atoms with E-state index in [-0.39, 0.29) is 0 Å². The minimum absolute atomic E-state index is 2.70. The number of alkyl halides is 8. The molecule has 1 aliphatic heterocycles. The van der Waals surface area contributed by atoms with Crippen LogP contribution in [0.25, 0.3) is 0 Å². The zero-order chi connectivity index (χ0) is 12.8. The van der Waals surface area contributed by atoms with E-state index in [2.05, 4.69) is 20.7 Å². The van der Waals surface area contributed by atoms with Crippen molar-refractivity contribution in [3.8, 4) is 0 Å². The fraction of sp³-hybridized carbons (Fsp3) is 1.00. The third kappa shape index (κ3) is 1.96. The highest BCUT2D eigenvalue weighted by Gasteiger charge is 2.76. The fourth-order valence-electron chi connectivity index (χ4n) is 0.804. The van der Waals surface area contributed by atoms with E-state index in [4.69, 9.17) is 58.0 Å². The molecule has 0 aromatic heterocycles. The van der Waals surface area contributed by atoms with Crippen LogP contribution in [-0.2, 0) is 0 Å². The second-order valence-corrected chi connectivity index (χ2v) is 6.23. The van der Waals surface area contributed by atoms with Crippen LogP contribution in [0.15, 0.2) is 20.7 Å². The van der Waals surface area contributed by atoms with Gasteiger partial charge in [-0.15, -0.1) is 10.2 Å². The van der Waals surface area contributed by atoms with Gasteiger partial charge in [0.1, 0.15) is 0 Å². The summed E-state index contributed by atoms with van der Waals surface area (Å²) in [5.41, 5.74) is -3.44. The van der Waals surface area contributed by atoms with Crippen LogP contribution in [0.5, 0.6) is 0 Å². The molecule has 0 N–H and O–H groups in total. The van der Waals surface area contributed by atoms with Gasteiger partial charge in [0.25, 0.3) is 0 Å². The molecule has 1 heterocycles. The smallest absolute Gasteiger partial charge is 0.166 e. The molecule has 4 nitrogen and oxygen atoms in total. The van der Waals surface area contributed by atoms with Gasteiger partial charge >= 0.3 is 11.8 Å². The number of hydrogen-bond donors (Lipinski definition) is 0. The first-order chi connectivity index (χ1) is 6.96. The summed E-state index contributed by atoms with van der Waals surface area (Å²) < 4.78 is 32.7. The minimum atomic E-state index is -5.12. The molecule has 12 heteroatoms. The Kier molecular flexibility index (Phi) is 3.61. The van der Waals surface area contributed by atoms with Crippen molar-refractivity contribution in [2.75, 3.05) is 0 Å². The zero-order valence-electron chi connectivity index (χ0n) is 6.81. The lowest BCUT2D eigenvalue weighted by Gasteiger charge is -2.37. The third-order valence-electron chi connectivity index (χ3n) is 1.61. The van der Waals surface area contributed by atoms with Crippen molar-refractivity contribution >= 4 is 58.0 Å².